The molecule has 5 rings (SSSR count). The van der Waals surface area contributed by atoms with Crippen molar-refractivity contribution >= 4 is 11.8 Å². The summed E-state index contributed by atoms with van der Waals surface area (Å²) in [5.74, 6) is 2.26. The van der Waals surface area contributed by atoms with E-state index in [0.717, 1.165) is 31.7 Å². The molecule has 1 aromatic heterocycles. The second kappa shape index (κ2) is 6.80. The van der Waals surface area contributed by atoms with Crippen LogP contribution in [-0.2, 0) is 4.79 Å². The monoisotopic (exact) mass is 354 g/mol. The maximum absolute atomic E-state index is 12.5. The first-order valence-corrected chi connectivity index (χ1v) is 9.41. The van der Waals surface area contributed by atoms with E-state index in [0.29, 0.717) is 23.8 Å². The van der Waals surface area contributed by atoms with Crippen LogP contribution in [-0.4, -0.2) is 36.0 Å². The van der Waals surface area contributed by atoms with Gasteiger partial charge in [-0.3, -0.25) is 14.6 Å². The predicted molar refractivity (Wildman–Crippen MR) is 101 cm³/mol. The van der Waals surface area contributed by atoms with Gasteiger partial charge >= 0.3 is 0 Å². The fourth-order valence-electron chi connectivity index (χ4n) is 4.43. The summed E-state index contributed by atoms with van der Waals surface area (Å²) in [6.45, 7) is 8.14. The molecule has 0 spiro atoms. The van der Waals surface area contributed by atoms with E-state index in [-0.39, 0.29) is 11.9 Å². The minimum Gasteiger partial charge on any atom is -0.426 e. The molecule has 26 heavy (non-hydrogen) atoms. The van der Waals surface area contributed by atoms with Crippen LogP contribution in [0.1, 0.15) is 32.3 Å². The van der Waals surface area contributed by atoms with Crippen LogP contribution < -0.4 is 9.64 Å². The third-order valence-corrected chi connectivity index (χ3v) is 5.81. The minimum absolute atomic E-state index is 0.0202. The summed E-state index contributed by atoms with van der Waals surface area (Å²) in [5.41, 5.74) is 1.18. The fourth-order valence-corrected chi connectivity index (χ4v) is 4.43. The van der Waals surface area contributed by atoms with Gasteiger partial charge in [0.2, 0.25) is 11.8 Å². The first kappa shape index (κ1) is 17.2. The number of hydrogen-bond donors (Lipinski definition) is 0. The molecular formula is C21H26N2O3. The molecule has 3 aliphatic rings. The number of carbonyl (C=O) groups excluding carboxylic acids is 1. The molecule has 5 heteroatoms. The van der Waals surface area contributed by atoms with Crippen LogP contribution in [0.2, 0.25) is 0 Å². The summed E-state index contributed by atoms with van der Waals surface area (Å²) in [6.07, 6.45) is 2.29. The third kappa shape index (κ3) is 3.12. The zero-order chi connectivity index (χ0) is 18.3. The van der Waals surface area contributed by atoms with E-state index in [2.05, 4.69) is 11.8 Å². The van der Waals surface area contributed by atoms with Crippen molar-refractivity contribution in [3.8, 4) is 11.7 Å². The zero-order valence-electron chi connectivity index (χ0n) is 15.6. The highest BCUT2D eigenvalue weighted by atomic mass is 16.6. The molecule has 2 atom stereocenters. The van der Waals surface area contributed by atoms with Crippen molar-refractivity contribution in [2.24, 2.45) is 5.92 Å². The van der Waals surface area contributed by atoms with Crippen LogP contribution in [0.25, 0.3) is 0 Å². The molecule has 0 N–H and O–H groups in total. The van der Waals surface area contributed by atoms with Crippen LogP contribution in [0, 0.1) is 12.8 Å². The van der Waals surface area contributed by atoms with E-state index >= 15 is 0 Å². The molecule has 3 saturated heterocycles. The van der Waals surface area contributed by atoms with E-state index in [9.17, 15) is 4.79 Å². The normalized spacial score (nSPS) is 27.3. The van der Waals surface area contributed by atoms with Crippen LogP contribution >= 0.6 is 0 Å². The number of nitrogens with zero attached hydrogens (tertiary/aromatic N) is 2. The Bertz CT molecular complexity index is 773. The number of amides is 1. The Morgan fingerprint density at radius 3 is 2.46 bits per heavy atom. The predicted octanol–water partition coefficient (Wildman–Crippen LogP) is 4.22. The smallest absolute Gasteiger partial charge is 0.291 e. The van der Waals surface area contributed by atoms with E-state index in [1.54, 1.807) is 13.0 Å². The maximum atomic E-state index is 12.5. The molecule has 3 aliphatic heterocycles. The van der Waals surface area contributed by atoms with Gasteiger partial charge in [-0.05, 0) is 57.8 Å². The zero-order valence-corrected chi connectivity index (χ0v) is 15.6. The summed E-state index contributed by atoms with van der Waals surface area (Å²) in [4.78, 5) is 16.8. The molecule has 138 valence electrons. The van der Waals surface area contributed by atoms with Gasteiger partial charge in [-0.2, -0.15) is 0 Å². The lowest BCUT2D eigenvalue weighted by molar-refractivity contribution is -0.118. The molecule has 1 aromatic carbocycles. The second-order valence-electron chi connectivity index (χ2n) is 7.50. The summed E-state index contributed by atoms with van der Waals surface area (Å²) in [5, 5.41) is 0. The molecule has 0 saturated carbocycles. The van der Waals surface area contributed by atoms with E-state index < -0.39 is 0 Å². The number of hydrogen-bond acceptors (Lipinski definition) is 4. The third-order valence-electron chi connectivity index (χ3n) is 5.81. The molecule has 5 nitrogen and oxygen atoms in total. The number of anilines is 1. The average Bonchev–Trinajstić information content (AvgIpc) is 3.08. The Morgan fingerprint density at radius 2 is 1.85 bits per heavy atom. The first-order valence-electron chi connectivity index (χ1n) is 9.41. The van der Waals surface area contributed by atoms with Crippen LogP contribution in [0.4, 0.5) is 5.88 Å². The molecule has 4 heterocycles. The molecule has 1 amide bonds. The van der Waals surface area contributed by atoms with Crippen molar-refractivity contribution in [1.29, 1.82) is 0 Å². The SMILES string of the molecule is CC(=O)N(c1ccc(Oc2ccc(C)cc2)o1)[C@@H]1C2CCN(CC2)[C@H]1C. The van der Waals surface area contributed by atoms with Gasteiger partial charge in [-0.25, -0.2) is 0 Å². The Morgan fingerprint density at radius 1 is 1.15 bits per heavy atom. The highest BCUT2D eigenvalue weighted by molar-refractivity contribution is 5.91. The van der Waals surface area contributed by atoms with Crippen LogP contribution in [0.5, 0.6) is 11.7 Å². The molecule has 2 bridgehead atoms. The van der Waals surface area contributed by atoms with Gasteiger partial charge in [-0.1, -0.05) is 17.7 Å². The van der Waals surface area contributed by atoms with Crippen molar-refractivity contribution in [2.45, 2.75) is 45.7 Å². The summed E-state index contributed by atoms with van der Waals surface area (Å²) in [7, 11) is 0. The number of carbonyl (C=O) groups is 1. The fraction of sp³-hybridized carbons (Fsp3) is 0.476. The Balaban J connectivity index is 1.57. The van der Waals surface area contributed by atoms with Crippen LogP contribution in [0.15, 0.2) is 40.8 Å². The second-order valence-corrected chi connectivity index (χ2v) is 7.50. The Labute approximate surface area is 154 Å². The summed E-state index contributed by atoms with van der Waals surface area (Å²) < 4.78 is 11.7. The van der Waals surface area contributed by atoms with Gasteiger partial charge < -0.3 is 9.15 Å². The molecular weight excluding hydrogens is 328 g/mol. The standard InChI is InChI=1S/C21H26N2O3/c1-14-4-6-18(7-5-14)25-20-9-8-19(26-20)23(16(3)24)21-15(2)22-12-10-17(21)11-13-22/h4-9,15,17,21H,10-13H2,1-3H3/t15-,21-/m0/s1. The largest absolute Gasteiger partial charge is 0.426 e. The molecule has 0 unspecified atom stereocenters. The lowest BCUT2D eigenvalue weighted by atomic mass is 9.78. The molecule has 0 radical (unpaired) electrons. The van der Waals surface area contributed by atoms with Crippen molar-refractivity contribution in [3.63, 3.8) is 0 Å². The van der Waals surface area contributed by atoms with Gasteiger partial charge in [0.1, 0.15) is 5.75 Å². The topological polar surface area (TPSA) is 45.9 Å². The van der Waals surface area contributed by atoms with Crippen molar-refractivity contribution in [2.75, 3.05) is 18.0 Å². The van der Waals surface area contributed by atoms with Gasteiger partial charge in [0.25, 0.3) is 5.95 Å². The highest BCUT2D eigenvalue weighted by Crippen LogP contribution is 2.39. The molecule has 3 fully saturated rings. The highest BCUT2D eigenvalue weighted by Gasteiger charge is 2.45. The van der Waals surface area contributed by atoms with Gasteiger partial charge in [-0.15, -0.1) is 0 Å². The Hall–Kier alpha value is -2.27. The maximum Gasteiger partial charge on any atom is 0.291 e. The number of rotatable bonds is 4. The van der Waals surface area contributed by atoms with Crippen molar-refractivity contribution in [1.82, 2.24) is 4.90 Å². The van der Waals surface area contributed by atoms with E-state index in [1.807, 2.05) is 42.2 Å². The first-order chi connectivity index (χ1) is 12.5. The number of aryl methyl sites for hydroxylation is 1. The summed E-state index contributed by atoms with van der Waals surface area (Å²) >= 11 is 0. The summed E-state index contributed by atoms with van der Waals surface area (Å²) in [6, 6.07) is 12.0. The Kier molecular flexibility index (Phi) is 4.49. The number of benzene rings is 1. The van der Waals surface area contributed by atoms with E-state index in [1.165, 1.54) is 5.56 Å². The number of furan rings is 1. The lowest BCUT2D eigenvalue weighted by Gasteiger charge is -2.52. The van der Waals surface area contributed by atoms with Gasteiger partial charge in [0.15, 0.2) is 0 Å². The average molecular weight is 354 g/mol. The molecule has 2 aromatic rings. The van der Waals surface area contributed by atoms with Crippen molar-refractivity contribution < 1.29 is 13.9 Å². The lowest BCUT2D eigenvalue weighted by Crippen LogP contribution is -2.63. The number of fused-ring (bicyclic) bond motifs is 3. The van der Waals surface area contributed by atoms with Crippen molar-refractivity contribution in [3.05, 3.63) is 42.0 Å². The molecule has 0 aliphatic carbocycles. The van der Waals surface area contributed by atoms with Gasteiger partial charge in [0.05, 0.1) is 6.04 Å². The number of piperidine rings is 3. The quantitative estimate of drug-likeness (QED) is 0.825. The van der Waals surface area contributed by atoms with E-state index in [4.69, 9.17) is 9.15 Å². The number of ether oxygens (including phenoxy) is 1. The van der Waals surface area contributed by atoms with Crippen LogP contribution in [0.3, 0.4) is 0 Å². The minimum atomic E-state index is 0.0202. The van der Waals surface area contributed by atoms with Gasteiger partial charge in [0, 0.05) is 25.1 Å².